The van der Waals surface area contributed by atoms with Gasteiger partial charge in [-0.25, -0.2) is 0 Å². The van der Waals surface area contributed by atoms with Crippen molar-refractivity contribution in [1.82, 2.24) is 10.6 Å². The molecule has 2 heterocycles. The van der Waals surface area contributed by atoms with Gasteiger partial charge in [0.2, 0.25) is 5.91 Å². The van der Waals surface area contributed by atoms with E-state index in [0.717, 1.165) is 36.8 Å². The van der Waals surface area contributed by atoms with E-state index >= 15 is 0 Å². The maximum absolute atomic E-state index is 13.7. The predicted octanol–water partition coefficient (Wildman–Crippen LogP) is 4.83. The van der Waals surface area contributed by atoms with E-state index in [2.05, 4.69) is 10.6 Å². The Kier molecular flexibility index (Phi) is 7.70. The van der Waals surface area contributed by atoms with E-state index < -0.39 is 11.9 Å². The molecule has 3 amide bonds. The zero-order valence-corrected chi connectivity index (χ0v) is 21.1. The number of carbonyl (C=O) groups excluding carboxylic acids is 3. The number of carbonyl (C=O) groups is 3. The summed E-state index contributed by atoms with van der Waals surface area (Å²) in [5, 5.41) is 7.65. The maximum Gasteiger partial charge on any atom is 0.261 e. The van der Waals surface area contributed by atoms with Gasteiger partial charge >= 0.3 is 0 Å². The number of furan rings is 1. The molecule has 1 atom stereocenters. The zero-order valence-electron chi connectivity index (χ0n) is 20.3. The van der Waals surface area contributed by atoms with Crippen LogP contribution < -0.4 is 15.5 Å². The fourth-order valence-electron chi connectivity index (χ4n) is 4.47. The SMILES string of the molecule is Cc1ccc(C(C(=O)NC2CCCC2)N(C(=O)CNC(=O)c2cccs2)c2cccc(C)c2C)o1. The molecule has 1 unspecified atom stereocenters. The van der Waals surface area contributed by atoms with Crippen LogP contribution in [0.1, 0.15) is 64.0 Å². The van der Waals surface area contributed by atoms with Crippen molar-refractivity contribution in [2.45, 2.75) is 58.5 Å². The molecular formula is C27H31N3O4S. The number of benzene rings is 1. The first-order chi connectivity index (χ1) is 16.8. The monoisotopic (exact) mass is 493 g/mol. The van der Waals surface area contributed by atoms with Crippen LogP contribution in [-0.2, 0) is 9.59 Å². The van der Waals surface area contributed by atoms with Crippen LogP contribution in [0.25, 0.3) is 0 Å². The van der Waals surface area contributed by atoms with Gasteiger partial charge in [-0.2, -0.15) is 0 Å². The van der Waals surface area contributed by atoms with Gasteiger partial charge in [-0.1, -0.05) is 31.0 Å². The number of hydrogen-bond donors (Lipinski definition) is 2. The normalized spacial score (nSPS) is 14.5. The first-order valence-electron chi connectivity index (χ1n) is 11.9. The largest absolute Gasteiger partial charge is 0.464 e. The molecule has 4 rings (SSSR count). The summed E-state index contributed by atoms with van der Waals surface area (Å²) in [5.74, 6) is 0.0271. The Morgan fingerprint density at radius 1 is 1.06 bits per heavy atom. The number of hydrogen-bond acceptors (Lipinski definition) is 5. The number of nitrogens with one attached hydrogen (secondary N) is 2. The van der Waals surface area contributed by atoms with Crippen molar-refractivity contribution < 1.29 is 18.8 Å². The van der Waals surface area contributed by atoms with Crippen molar-refractivity contribution >= 4 is 34.7 Å². The fourth-order valence-corrected chi connectivity index (χ4v) is 5.11. The molecule has 184 valence electrons. The number of amides is 3. The molecule has 1 aromatic carbocycles. The Morgan fingerprint density at radius 3 is 2.49 bits per heavy atom. The van der Waals surface area contributed by atoms with Gasteiger partial charge in [-0.05, 0) is 74.4 Å². The van der Waals surface area contributed by atoms with E-state index in [9.17, 15) is 14.4 Å². The lowest BCUT2D eigenvalue weighted by Crippen LogP contribution is -2.49. The summed E-state index contributed by atoms with van der Waals surface area (Å²) in [5.41, 5.74) is 2.49. The van der Waals surface area contributed by atoms with E-state index in [-0.39, 0.29) is 24.4 Å². The molecule has 1 aliphatic rings. The van der Waals surface area contributed by atoms with Gasteiger partial charge in [0.05, 0.1) is 11.4 Å². The Labute approximate surface area is 209 Å². The highest BCUT2D eigenvalue weighted by Gasteiger charge is 2.37. The predicted molar refractivity (Wildman–Crippen MR) is 137 cm³/mol. The van der Waals surface area contributed by atoms with Gasteiger partial charge in [0.15, 0.2) is 6.04 Å². The second-order valence-electron chi connectivity index (χ2n) is 8.98. The molecular weight excluding hydrogens is 462 g/mol. The van der Waals surface area contributed by atoms with Crippen LogP contribution in [0.4, 0.5) is 5.69 Å². The van der Waals surface area contributed by atoms with Gasteiger partial charge < -0.3 is 15.1 Å². The Hall–Kier alpha value is -3.39. The lowest BCUT2D eigenvalue weighted by molar-refractivity contribution is -0.127. The summed E-state index contributed by atoms with van der Waals surface area (Å²) < 4.78 is 5.90. The summed E-state index contributed by atoms with van der Waals surface area (Å²) in [7, 11) is 0. The standard InChI is InChI=1S/C27H31N3O4S/c1-17-8-6-11-21(19(17)3)30(24(31)16-28-26(32)23-12-7-15-35-23)25(22-14-13-18(2)34-22)27(33)29-20-9-4-5-10-20/h6-8,11-15,20,25H,4-5,9-10,16H2,1-3H3,(H,28,32)(H,29,33). The lowest BCUT2D eigenvalue weighted by Gasteiger charge is -2.32. The molecule has 7 nitrogen and oxygen atoms in total. The average Bonchev–Trinajstić information content (AvgIpc) is 3.61. The van der Waals surface area contributed by atoms with Gasteiger partial charge in [-0.3, -0.25) is 19.3 Å². The van der Waals surface area contributed by atoms with Crippen LogP contribution >= 0.6 is 11.3 Å². The highest BCUT2D eigenvalue weighted by molar-refractivity contribution is 7.12. The van der Waals surface area contributed by atoms with Crippen LogP contribution in [0.5, 0.6) is 0 Å². The number of thiophene rings is 1. The van der Waals surface area contributed by atoms with Crippen molar-refractivity contribution in [3.8, 4) is 0 Å². The molecule has 2 N–H and O–H groups in total. The third-order valence-electron chi connectivity index (χ3n) is 6.49. The lowest BCUT2D eigenvalue weighted by atomic mass is 10.0. The van der Waals surface area contributed by atoms with Gasteiger partial charge in [0.25, 0.3) is 11.8 Å². The first-order valence-corrected chi connectivity index (χ1v) is 12.8. The Morgan fingerprint density at radius 2 is 1.83 bits per heavy atom. The molecule has 1 fully saturated rings. The van der Waals surface area contributed by atoms with Crippen molar-refractivity contribution in [2.24, 2.45) is 0 Å². The van der Waals surface area contributed by atoms with E-state index in [1.165, 1.54) is 16.2 Å². The summed E-state index contributed by atoms with van der Waals surface area (Å²) in [4.78, 5) is 42.0. The number of anilines is 1. The molecule has 2 aromatic heterocycles. The van der Waals surface area contributed by atoms with Crippen molar-refractivity contribution in [1.29, 1.82) is 0 Å². The highest BCUT2D eigenvalue weighted by atomic mass is 32.1. The minimum atomic E-state index is -1.00. The number of rotatable bonds is 8. The quantitative estimate of drug-likeness (QED) is 0.470. The van der Waals surface area contributed by atoms with Gasteiger partial charge in [-0.15, -0.1) is 11.3 Å². The molecule has 0 bridgehead atoms. The summed E-state index contributed by atoms with van der Waals surface area (Å²) in [6.07, 6.45) is 3.99. The third kappa shape index (κ3) is 5.65. The minimum Gasteiger partial charge on any atom is -0.464 e. The summed E-state index contributed by atoms with van der Waals surface area (Å²) in [6, 6.07) is 11.7. The second-order valence-corrected chi connectivity index (χ2v) is 9.93. The van der Waals surface area contributed by atoms with Gasteiger partial charge in [0, 0.05) is 11.7 Å². The average molecular weight is 494 g/mol. The summed E-state index contributed by atoms with van der Waals surface area (Å²) >= 11 is 1.30. The molecule has 0 saturated heterocycles. The van der Waals surface area contributed by atoms with E-state index in [0.29, 0.717) is 22.1 Å². The van der Waals surface area contributed by atoms with Crippen molar-refractivity contribution in [2.75, 3.05) is 11.4 Å². The maximum atomic E-state index is 13.7. The highest BCUT2D eigenvalue weighted by Crippen LogP contribution is 2.33. The Balaban J connectivity index is 1.70. The zero-order chi connectivity index (χ0) is 24.9. The molecule has 0 aliphatic heterocycles. The topological polar surface area (TPSA) is 91.7 Å². The number of aryl methyl sites for hydroxylation is 2. The van der Waals surface area contributed by atoms with E-state index in [1.807, 2.05) is 37.4 Å². The van der Waals surface area contributed by atoms with Gasteiger partial charge in [0.1, 0.15) is 11.5 Å². The van der Waals surface area contributed by atoms with E-state index in [4.69, 9.17) is 4.42 Å². The Bertz CT molecular complexity index is 1190. The third-order valence-corrected chi connectivity index (χ3v) is 7.36. The molecule has 0 radical (unpaired) electrons. The molecule has 8 heteroatoms. The van der Waals surface area contributed by atoms with Crippen molar-refractivity contribution in [3.05, 3.63) is 75.4 Å². The fraction of sp³-hybridized carbons (Fsp3) is 0.370. The first kappa shape index (κ1) is 24.7. The van der Waals surface area contributed by atoms with E-state index in [1.54, 1.807) is 31.2 Å². The molecule has 0 spiro atoms. The van der Waals surface area contributed by atoms with Crippen LogP contribution in [0.3, 0.4) is 0 Å². The van der Waals surface area contributed by atoms with Crippen LogP contribution in [-0.4, -0.2) is 30.3 Å². The molecule has 1 aliphatic carbocycles. The summed E-state index contributed by atoms with van der Waals surface area (Å²) in [6.45, 7) is 5.44. The molecule has 1 saturated carbocycles. The van der Waals surface area contributed by atoms with Crippen LogP contribution in [0.15, 0.2) is 52.3 Å². The smallest absolute Gasteiger partial charge is 0.261 e. The van der Waals surface area contributed by atoms with Crippen LogP contribution in [0.2, 0.25) is 0 Å². The molecule has 35 heavy (non-hydrogen) atoms. The van der Waals surface area contributed by atoms with Crippen molar-refractivity contribution in [3.63, 3.8) is 0 Å². The molecule has 3 aromatic rings. The van der Waals surface area contributed by atoms with Crippen LogP contribution in [0, 0.1) is 20.8 Å². The number of nitrogens with zero attached hydrogens (tertiary/aromatic N) is 1. The minimum absolute atomic E-state index is 0.0788. The second kappa shape index (κ2) is 10.9.